The lowest BCUT2D eigenvalue weighted by Crippen LogP contribution is -2.56. The van der Waals surface area contributed by atoms with E-state index in [0.29, 0.717) is 55.2 Å². The number of fused-ring (bicyclic) bond motifs is 5. The monoisotopic (exact) mass is 610 g/mol. The van der Waals surface area contributed by atoms with Crippen LogP contribution in [-0.2, 0) is 37.8 Å². The number of anilines is 1. The van der Waals surface area contributed by atoms with E-state index in [1.54, 1.807) is 18.6 Å². The lowest BCUT2D eigenvalue weighted by molar-refractivity contribution is -0.210. The summed E-state index contributed by atoms with van der Waals surface area (Å²) in [6.45, 7) is 4.24. The highest BCUT2D eigenvalue weighted by molar-refractivity contribution is 5.86. The van der Waals surface area contributed by atoms with Crippen molar-refractivity contribution in [2.24, 2.45) is 0 Å². The van der Waals surface area contributed by atoms with Gasteiger partial charge in [0, 0.05) is 54.4 Å². The maximum absolute atomic E-state index is 13.9. The molecule has 5 heterocycles. The number of pyridine rings is 2. The summed E-state index contributed by atoms with van der Waals surface area (Å²) in [5.41, 5.74) is 2.87. The van der Waals surface area contributed by atoms with Crippen molar-refractivity contribution in [3.8, 4) is 17.1 Å². The highest BCUT2D eigenvalue weighted by Gasteiger charge is 2.50. The van der Waals surface area contributed by atoms with Crippen molar-refractivity contribution in [1.82, 2.24) is 14.5 Å². The molecule has 3 aliphatic rings. The average Bonchev–Trinajstić information content (AvgIpc) is 3.42. The molecular weight excluding hydrogens is 576 g/mol. The van der Waals surface area contributed by atoms with Gasteiger partial charge in [-0.25, -0.2) is 9.78 Å². The van der Waals surface area contributed by atoms with Gasteiger partial charge in [0.05, 0.1) is 42.5 Å². The lowest BCUT2D eigenvalue weighted by atomic mass is 9.85. The van der Waals surface area contributed by atoms with Crippen LogP contribution in [0.5, 0.6) is 5.75 Å². The smallest absolute Gasteiger partial charge is 0.343 e. The summed E-state index contributed by atoms with van der Waals surface area (Å²) in [5.74, 6) is -0.920. The minimum atomic E-state index is -1.66. The van der Waals surface area contributed by atoms with E-state index in [0.717, 1.165) is 27.9 Å². The van der Waals surface area contributed by atoms with E-state index >= 15 is 0 Å². The molecule has 0 bridgehead atoms. The van der Waals surface area contributed by atoms with Crippen molar-refractivity contribution in [2.75, 3.05) is 38.2 Å². The normalized spacial score (nSPS) is 19.9. The third kappa shape index (κ3) is 4.92. The molecule has 7 rings (SSSR count). The van der Waals surface area contributed by atoms with Crippen molar-refractivity contribution >= 4 is 28.5 Å². The number of hydrogen-bond acceptors (Lipinski definition) is 9. The molecule has 0 saturated carbocycles. The second-order valence-electron chi connectivity index (χ2n) is 11.7. The van der Waals surface area contributed by atoms with Crippen LogP contribution in [0.3, 0.4) is 0 Å². The van der Waals surface area contributed by atoms with Crippen LogP contribution in [-0.4, -0.2) is 71.0 Å². The van der Waals surface area contributed by atoms with Crippen LogP contribution in [0.1, 0.15) is 36.5 Å². The van der Waals surface area contributed by atoms with E-state index in [4.69, 9.17) is 19.2 Å². The summed E-state index contributed by atoms with van der Waals surface area (Å²) in [7, 11) is 1.63. The molecule has 1 unspecified atom stereocenters. The van der Waals surface area contributed by atoms with E-state index in [1.807, 2.05) is 65.6 Å². The van der Waals surface area contributed by atoms with E-state index in [9.17, 15) is 19.5 Å². The summed E-state index contributed by atoms with van der Waals surface area (Å²) < 4.78 is 19.3. The van der Waals surface area contributed by atoms with Crippen LogP contribution in [0.2, 0.25) is 0 Å². The van der Waals surface area contributed by atoms with Gasteiger partial charge in [-0.3, -0.25) is 14.5 Å². The number of methoxy groups -OCH3 is 1. The molecular formula is C34H34N4O7. The topological polar surface area (TPSA) is 123 Å². The Morgan fingerprint density at radius 1 is 1.07 bits per heavy atom. The second-order valence-corrected chi connectivity index (χ2v) is 11.7. The molecule has 2 aromatic heterocycles. The lowest BCUT2D eigenvalue weighted by Gasteiger charge is -2.44. The van der Waals surface area contributed by atoms with Gasteiger partial charge in [0.15, 0.2) is 5.60 Å². The number of cyclic esters (lactones) is 1. The SMILES string of the molecule is CC[C@@]1(OC(CC(=O)O)N2CCN(c3cccc(OC)c3)CC2)C(=O)OCc2c1cc1n(c2=O)Cc2cc3ccccc3nc2-1. The van der Waals surface area contributed by atoms with Gasteiger partial charge in [0.2, 0.25) is 0 Å². The predicted molar refractivity (Wildman–Crippen MR) is 166 cm³/mol. The van der Waals surface area contributed by atoms with Gasteiger partial charge in [-0.1, -0.05) is 31.2 Å². The largest absolute Gasteiger partial charge is 0.497 e. The predicted octanol–water partition coefficient (Wildman–Crippen LogP) is 3.74. The molecule has 3 aliphatic heterocycles. The van der Waals surface area contributed by atoms with Crippen LogP contribution in [0.15, 0.2) is 65.5 Å². The number of benzene rings is 2. The molecule has 232 valence electrons. The molecule has 1 N–H and O–H groups in total. The molecule has 1 fully saturated rings. The first-order valence-electron chi connectivity index (χ1n) is 15.2. The fraction of sp³-hybridized carbons (Fsp3) is 0.353. The summed E-state index contributed by atoms with van der Waals surface area (Å²) in [4.78, 5) is 48.8. The Kier molecular flexibility index (Phi) is 7.29. The maximum atomic E-state index is 13.9. The number of carboxylic acids is 1. The Morgan fingerprint density at radius 2 is 1.87 bits per heavy atom. The zero-order chi connectivity index (χ0) is 31.3. The van der Waals surface area contributed by atoms with Crippen LogP contribution in [0.4, 0.5) is 5.69 Å². The van der Waals surface area contributed by atoms with E-state index < -0.39 is 23.8 Å². The Balaban J connectivity index is 1.24. The molecule has 11 heteroatoms. The summed E-state index contributed by atoms with van der Waals surface area (Å²) >= 11 is 0. The van der Waals surface area contributed by atoms with E-state index in [-0.39, 0.29) is 25.0 Å². The first-order chi connectivity index (χ1) is 21.8. The van der Waals surface area contributed by atoms with Crippen LogP contribution >= 0.6 is 0 Å². The van der Waals surface area contributed by atoms with E-state index in [2.05, 4.69) is 4.90 Å². The number of hydrogen-bond donors (Lipinski definition) is 1. The summed E-state index contributed by atoms with van der Waals surface area (Å²) in [5, 5.41) is 10.9. The molecule has 1 saturated heterocycles. The van der Waals surface area contributed by atoms with Crippen molar-refractivity contribution in [3.05, 3.63) is 87.7 Å². The van der Waals surface area contributed by atoms with Crippen LogP contribution < -0.4 is 15.2 Å². The zero-order valence-corrected chi connectivity index (χ0v) is 25.2. The average molecular weight is 611 g/mol. The molecule has 4 aromatic rings. The molecule has 0 spiro atoms. The highest BCUT2D eigenvalue weighted by atomic mass is 16.6. The molecule has 0 amide bonds. The fourth-order valence-corrected chi connectivity index (χ4v) is 6.81. The maximum Gasteiger partial charge on any atom is 0.343 e. The minimum Gasteiger partial charge on any atom is -0.497 e. The molecule has 0 aliphatic carbocycles. The van der Waals surface area contributed by atoms with Crippen molar-refractivity contribution < 1.29 is 28.9 Å². The Morgan fingerprint density at radius 3 is 2.62 bits per heavy atom. The number of aromatic nitrogens is 2. The molecule has 45 heavy (non-hydrogen) atoms. The van der Waals surface area contributed by atoms with Gasteiger partial charge in [-0.15, -0.1) is 0 Å². The molecule has 2 aromatic carbocycles. The number of nitrogens with zero attached hydrogens (tertiary/aromatic N) is 4. The molecule has 0 radical (unpaired) electrons. The first kappa shape index (κ1) is 29.0. The van der Waals surface area contributed by atoms with Gasteiger partial charge in [-0.05, 0) is 36.8 Å². The van der Waals surface area contributed by atoms with Gasteiger partial charge in [-0.2, -0.15) is 0 Å². The molecule has 2 atom stereocenters. The van der Waals surface area contributed by atoms with Crippen LogP contribution in [0.25, 0.3) is 22.3 Å². The number of aliphatic carboxylic acids is 1. The third-order valence-electron chi connectivity index (χ3n) is 9.21. The second kappa shape index (κ2) is 11.3. The number of piperazine rings is 1. The number of esters is 1. The minimum absolute atomic E-state index is 0.152. The number of ether oxygens (including phenoxy) is 3. The van der Waals surface area contributed by atoms with Crippen molar-refractivity contribution in [2.45, 2.75) is 44.7 Å². The summed E-state index contributed by atoms with van der Waals surface area (Å²) in [6.07, 6.45) is -1.12. The van der Waals surface area contributed by atoms with Crippen molar-refractivity contribution in [3.63, 3.8) is 0 Å². The van der Waals surface area contributed by atoms with E-state index in [1.165, 1.54) is 0 Å². The number of carboxylic acid groups (broad SMARTS) is 1. The Hall–Kier alpha value is -4.74. The quantitative estimate of drug-likeness (QED) is 0.260. The number of carbonyl (C=O) groups is 2. The van der Waals surface area contributed by atoms with Gasteiger partial charge >= 0.3 is 11.9 Å². The van der Waals surface area contributed by atoms with Crippen LogP contribution in [0, 0.1) is 0 Å². The zero-order valence-electron chi connectivity index (χ0n) is 25.2. The third-order valence-corrected chi connectivity index (χ3v) is 9.21. The standard InChI is InChI=1S/C34H34N4O7/c1-3-34(45-29(18-30(39)40)37-13-11-36(12-14-37)23-8-6-9-24(16-23)43-2)26-17-28-31-22(15-21-7-4-5-10-27(21)35-31)19-38(28)32(41)25(26)20-44-33(34)42/h4-10,15-17,29H,3,11-14,18-20H2,1-2H3,(H,39,40)/t29?,34-/m0/s1. The number of para-hydroxylation sites is 1. The van der Waals surface area contributed by atoms with Gasteiger partial charge < -0.3 is 28.8 Å². The fourth-order valence-electron chi connectivity index (χ4n) is 6.81. The number of carbonyl (C=O) groups excluding carboxylic acids is 1. The van der Waals surface area contributed by atoms with Gasteiger partial charge in [0.1, 0.15) is 18.6 Å². The Bertz CT molecular complexity index is 1880. The first-order valence-corrected chi connectivity index (χ1v) is 15.2. The number of rotatable bonds is 8. The highest BCUT2D eigenvalue weighted by Crippen LogP contribution is 2.42. The van der Waals surface area contributed by atoms with Gasteiger partial charge in [0.25, 0.3) is 5.56 Å². The van der Waals surface area contributed by atoms with Crippen molar-refractivity contribution in [1.29, 1.82) is 0 Å². The summed E-state index contributed by atoms with van der Waals surface area (Å²) in [6, 6.07) is 19.5. The molecule has 11 nitrogen and oxygen atoms in total. The Labute approximate surface area is 259 Å².